The van der Waals surface area contributed by atoms with Crippen molar-refractivity contribution in [3.63, 3.8) is 0 Å². The molecule has 0 amide bonds. The van der Waals surface area contributed by atoms with Gasteiger partial charge in [0.1, 0.15) is 12.2 Å². The van der Waals surface area contributed by atoms with Gasteiger partial charge >= 0.3 is 5.97 Å². The second-order valence-corrected chi connectivity index (χ2v) is 10.1. The zero-order valence-electron chi connectivity index (χ0n) is 17.3. The van der Waals surface area contributed by atoms with E-state index < -0.39 is 41.4 Å². The van der Waals surface area contributed by atoms with Gasteiger partial charge in [0.25, 0.3) is 0 Å². The highest BCUT2D eigenvalue weighted by Gasteiger charge is 2.69. The van der Waals surface area contributed by atoms with Crippen LogP contribution < -0.4 is 0 Å². The molecule has 3 saturated carbocycles. The minimum Gasteiger partial charge on any atom is -0.458 e. The lowest BCUT2D eigenvalue weighted by molar-refractivity contribution is -0.166. The van der Waals surface area contributed by atoms with Crippen molar-refractivity contribution in [3.8, 4) is 12.3 Å². The van der Waals surface area contributed by atoms with Crippen molar-refractivity contribution < 1.29 is 30.0 Å². The topological polar surface area (TPSA) is 107 Å². The van der Waals surface area contributed by atoms with Crippen LogP contribution in [0.2, 0.25) is 0 Å². The maximum absolute atomic E-state index is 11.9. The SMILES string of the molecule is C#CC1(O)C(O)C[C@H]2[C@@H]3C(OC(C)=O)C=C4C(O)C(O)CC[C@]4(C)[C@@H]3CC[C@@]21C. The number of aliphatic hydroxyl groups excluding tert-OH is 3. The molecule has 0 aromatic heterocycles. The van der Waals surface area contributed by atoms with Gasteiger partial charge in [0.05, 0.1) is 12.2 Å². The summed E-state index contributed by atoms with van der Waals surface area (Å²) in [5.74, 6) is 1.90. The van der Waals surface area contributed by atoms with Crippen LogP contribution in [0.5, 0.6) is 0 Å². The second-order valence-electron chi connectivity index (χ2n) is 10.1. The third-order valence-corrected chi connectivity index (χ3v) is 8.92. The van der Waals surface area contributed by atoms with E-state index in [-0.39, 0.29) is 23.2 Å². The Morgan fingerprint density at radius 3 is 2.52 bits per heavy atom. The molecule has 0 aliphatic heterocycles. The van der Waals surface area contributed by atoms with Crippen LogP contribution in [0.15, 0.2) is 11.6 Å². The molecule has 0 saturated heterocycles. The first-order valence-electron chi connectivity index (χ1n) is 10.6. The molecule has 0 bridgehead atoms. The molecule has 6 heteroatoms. The molecule has 29 heavy (non-hydrogen) atoms. The van der Waals surface area contributed by atoms with E-state index in [1.54, 1.807) is 0 Å². The van der Waals surface area contributed by atoms with Crippen molar-refractivity contribution in [1.29, 1.82) is 0 Å². The standard InChI is InChI=1S/C23H32O6/c1-5-23(28)18(26)11-14-19-13(6-9-22(14,23)4)21(3)8-7-16(25)20(27)15(21)10-17(19)29-12(2)24/h1,10,13-14,16-20,25-28H,6-9,11H2,2-4H3/t13-,14+,16?,17?,18?,19-,20?,21-,22+,23?/m1/s1. The van der Waals surface area contributed by atoms with E-state index in [1.807, 2.05) is 13.0 Å². The van der Waals surface area contributed by atoms with Crippen LogP contribution >= 0.6 is 0 Å². The molecule has 0 aromatic rings. The Kier molecular flexibility index (Phi) is 4.71. The van der Waals surface area contributed by atoms with Gasteiger partial charge < -0.3 is 25.2 Å². The summed E-state index contributed by atoms with van der Waals surface area (Å²) < 4.78 is 5.71. The maximum Gasteiger partial charge on any atom is 0.303 e. The first kappa shape index (κ1) is 20.9. The highest BCUT2D eigenvalue weighted by atomic mass is 16.5. The lowest BCUT2D eigenvalue weighted by atomic mass is 9.46. The van der Waals surface area contributed by atoms with Gasteiger partial charge in [0, 0.05) is 18.3 Å². The van der Waals surface area contributed by atoms with Crippen LogP contribution in [0.25, 0.3) is 0 Å². The molecule has 10 atom stereocenters. The summed E-state index contributed by atoms with van der Waals surface area (Å²) in [5, 5.41) is 42.8. The van der Waals surface area contributed by atoms with Gasteiger partial charge in [-0.05, 0) is 61.0 Å². The number of aliphatic hydroxyl groups is 4. The van der Waals surface area contributed by atoms with Crippen LogP contribution in [0, 0.1) is 40.9 Å². The third kappa shape index (κ3) is 2.61. The molecular weight excluding hydrogens is 372 g/mol. The van der Waals surface area contributed by atoms with E-state index in [0.717, 1.165) is 18.4 Å². The number of rotatable bonds is 1. The summed E-state index contributed by atoms with van der Waals surface area (Å²) in [6.07, 6.45) is 7.06. The Morgan fingerprint density at radius 2 is 1.90 bits per heavy atom. The second kappa shape index (κ2) is 6.55. The summed E-state index contributed by atoms with van der Waals surface area (Å²) in [4.78, 5) is 11.9. The van der Waals surface area contributed by atoms with Crippen LogP contribution in [0.1, 0.15) is 52.9 Å². The van der Waals surface area contributed by atoms with E-state index in [0.29, 0.717) is 19.3 Å². The molecule has 0 heterocycles. The Balaban J connectivity index is 1.83. The van der Waals surface area contributed by atoms with Crippen molar-refractivity contribution in [2.45, 2.75) is 82.9 Å². The minimum absolute atomic E-state index is 0.0967. The van der Waals surface area contributed by atoms with E-state index in [9.17, 15) is 25.2 Å². The third-order valence-electron chi connectivity index (χ3n) is 8.92. The van der Waals surface area contributed by atoms with Crippen LogP contribution in [0.3, 0.4) is 0 Å². The smallest absolute Gasteiger partial charge is 0.303 e. The van der Waals surface area contributed by atoms with Crippen molar-refractivity contribution in [2.24, 2.45) is 28.6 Å². The van der Waals surface area contributed by atoms with Crippen molar-refractivity contribution in [3.05, 3.63) is 11.6 Å². The van der Waals surface area contributed by atoms with E-state index in [4.69, 9.17) is 11.2 Å². The molecule has 4 N–H and O–H groups in total. The minimum atomic E-state index is -1.61. The summed E-state index contributed by atoms with van der Waals surface area (Å²) in [5.41, 5.74) is -1.88. The maximum atomic E-state index is 11.9. The number of terminal acetylenes is 1. The number of esters is 1. The number of carbonyl (C=O) groups is 1. The zero-order valence-corrected chi connectivity index (χ0v) is 17.3. The molecule has 5 unspecified atom stereocenters. The first-order valence-corrected chi connectivity index (χ1v) is 10.6. The predicted octanol–water partition coefficient (Wildman–Crippen LogP) is 1.16. The number of ether oxygens (including phenoxy) is 1. The molecular formula is C23H32O6. The van der Waals surface area contributed by atoms with E-state index >= 15 is 0 Å². The van der Waals surface area contributed by atoms with Gasteiger partial charge in [-0.1, -0.05) is 19.8 Å². The van der Waals surface area contributed by atoms with Gasteiger partial charge in [0.15, 0.2) is 5.60 Å². The summed E-state index contributed by atoms with van der Waals surface area (Å²) in [6.45, 7) is 5.42. The Morgan fingerprint density at radius 1 is 1.21 bits per heavy atom. The van der Waals surface area contributed by atoms with E-state index in [2.05, 4.69) is 12.8 Å². The van der Waals surface area contributed by atoms with Gasteiger partial charge in [0.2, 0.25) is 0 Å². The lowest BCUT2D eigenvalue weighted by Gasteiger charge is -2.60. The average molecular weight is 405 g/mol. The van der Waals surface area contributed by atoms with Crippen molar-refractivity contribution in [2.75, 3.05) is 0 Å². The van der Waals surface area contributed by atoms with Gasteiger partial charge in [-0.25, -0.2) is 0 Å². The molecule has 0 aromatic carbocycles. The average Bonchev–Trinajstić information content (AvgIpc) is 2.87. The predicted molar refractivity (Wildman–Crippen MR) is 105 cm³/mol. The Hall–Kier alpha value is -1.39. The Bertz CT molecular complexity index is 785. The molecule has 4 rings (SSSR count). The normalized spacial score (nSPS) is 53.7. The molecule has 6 nitrogen and oxygen atoms in total. The van der Waals surface area contributed by atoms with Crippen LogP contribution in [0.4, 0.5) is 0 Å². The van der Waals surface area contributed by atoms with Crippen LogP contribution in [-0.2, 0) is 9.53 Å². The highest BCUT2D eigenvalue weighted by Crippen LogP contribution is 2.67. The zero-order chi connectivity index (χ0) is 21.4. The van der Waals surface area contributed by atoms with Crippen molar-refractivity contribution in [1.82, 2.24) is 0 Å². The molecule has 3 fully saturated rings. The number of fused-ring (bicyclic) bond motifs is 5. The number of carbonyl (C=O) groups excluding carboxylic acids is 1. The fourth-order valence-corrected chi connectivity index (χ4v) is 7.26. The molecule has 160 valence electrons. The Labute approximate surface area is 172 Å². The fourth-order valence-electron chi connectivity index (χ4n) is 7.26. The van der Waals surface area contributed by atoms with Gasteiger partial charge in [-0.2, -0.15) is 0 Å². The number of hydrogen-bond acceptors (Lipinski definition) is 6. The summed E-state index contributed by atoms with van der Waals surface area (Å²) in [6, 6.07) is 0. The quantitative estimate of drug-likeness (QED) is 0.297. The van der Waals surface area contributed by atoms with Crippen molar-refractivity contribution >= 4 is 5.97 Å². The van der Waals surface area contributed by atoms with Crippen LogP contribution in [-0.4, -0.2) is 56.4 Å². The summed E-state index contributed by atoms with van der Waals surface area (Å²) in [7, 11) is 0. The van der Waals surface area contributed by atoms with Gasteiger partial charge in [-0.3, -0.25) is 4.79 Å². The van der Waals surface area contributed by atoms with E-state index in [1.165, 1.54) is 6.92 Å². The lowest BCUT2D eigenvalue weighted by Crippen LogP contribution is -2.60. The fraction of sp³-hybridized carbons (Fsp3) is 0.783. The largest absolute Gasteiger partial charge is 0.458 e. The molecule has 0 spiro atoms. The highest BCUT2D eigenvalue weighted by molar-refractivity contribution is 5.66. The van der Waals surface area contributed by atoms with Gasteiger partial charge in [-0.15, -0.1) is 6.42 Å². The summed E-state index contributed by atoms with van der Waals surface area (Å²) >= 11 is 0. The molecule has 4 aliphatic carbocycles. The first-order chi connectivity index (χ1) is 13.5. The number of hydrogen-bond donors (Lipinski definition) is 4. The molecule has 4 aliphatic rings. The monoisotopic (exact) mass is 404 g/mol. The molecule has 0 radical (unpaired) electrons.